The molecule has 0 atom stereocenters. The largest absolute Gasteiger partial charge is 0.497 e. The number of carbonyl (C=O) groups excluding carboxylic acids is 2. The third-order valence-electron chi connectivity index (χ3n) is 3.83. The Morgan fingerprint density at radius 1 is 1.26 bits per heavy atom. The van der Waals surface area contributed by atoms with Crippen LogP contribution in [0.4, 0.5) is 5.69 Å². The zero-order valence-corrected chi connectivity index (χ0v) is 12.9. The fourth-order valence-corrected chi connectivity index (χ4v) is 2.62. The second kappa shape index (κ2) is 6.52. The van der Waals surface area contributed by atoms with Gasteiger partial charge in [-0.3, -0.25) is 9.59 Å². The molecule has 5 heteroatoms. The summed E-state index contributed by atoms with van der Waals surface area (Å²) in [7, 11) is 1.57. The molecular weight excluding hydrogens is 292 g/mol. The SMILES string of the molecule is COc1cccc(C(=O)NCCc2ccc3c(c2)CC(=O)N3)c1. The van der Waals surface area contributed by atoms with E-state index in [-0.39, 0.29) is 11.8 Å². The lowest BCUT2D eigenvalue weighted by Crippen LogP contribution is -2.25. The van der Waals surface area contributed by atoms with E-state index in [0.717, 1.165) is 23.2 Å². The van der Waals surface area contributed by atoms with Crippen LogP contribution in [0.1, 0.15) is 21.5 Å². The van der Waals surface area contributed by atoms with E-state index in [4.69, 9.17) is 4.74 Å². The summed E-state index contributed by atoms with van der Waals surface area (Å²) < 4.78 is 5.12. The number of rotatable bonds is 5. The number of benzene rings is 2. The molecule has 1 heterocycles. The molecule has 2 amide bonds. The fourth-order valence-electron chi connectivity index (χ4n) is 2.62. The van der Waals surface area contributed by atoms with Crippen molar-refractivity contribution in [1.82, 2.24) is 5.32 Å². The molecule has 0 radical (unpaired) electrons. The molecule has 0 saturated carbocycles. The number of fused-ring (bicyclic) bond motifs is 1. The second-order valence-corrected chi connectivity index (χ2v) is 5.45. The van der Waals surface area contributed by atoms with E-state index in [1.165, 1.54) is 0 Å². The molecule has 2 aromatic rings. The van der Waals surface area contributed by atoms with Crippen molar-refractivity contribution in [3.8, 4) is 5.75 Å². The molecule has 3 rings (SSSR count). The van der Waals surface area contributed by atoms with Crippen molar-refractivity contribution in [1.29, 1.82) is 0 Å². The molecule has 0 aliphatic carbocycles. The Labute approximate surface area is 134 Å². The molecule has 0 aromatic heterocycles. The van der Waals surface area contributed by atoms with Crippen LogP contribution in [0.3, 0.4) is 0 Å². The monoisotopic (exact) mass is 310 g/mol. The van der Waals surface area contributed by atoms with Gasteiger partial charge in [0.15, 0.2) is 0 Å². The Balaban J connectivity index is 1.56. The van der Waals surface area contributed by atoms with Crippen LogP contribution >= 0.6 is 0 Å². The molecule has 2 aromatic carbocycles. The van der Waals surface area contributed by atoms with Crippen molar-refractivity contribution in [3.05, 3.63) is 59.2 Å². The summed E-state index contributed by atoms with van der Waals surface area (Å²) in [4.78, 5) is 23.5. The number of hydrogen-bond acceptors (Lipinski definition) is 3. The van der Waals surface area contributed by atoms with Crippen molar-refractivity contribution in [2.45, 2.75) is 12.8 Å². The van der Waals surface area contributed by atoms with Crippen molar-refractivity contribution in [2.24, 2.45) is 0 Å². The van der Waals surface area contributed by atoms with E-state index in [1.54, 1.807) is 31.4 Å². The third kappa shape index (κ3) is 3.51. The molecule has 0 bridgehead atoms. The van der Waals surface area contributed by atoms with Gasteiger partial charge in [0, 0.05) is 17.8 Å². The third-order valence-corrected chi connectivity index (χ3v) is 3.83. The van der Waals surface area contributed by atoms with Gasteiger partial charge in [0.05, 0.1) is 13.5 Å². The predicted octanol–water partition coefficient (Wildman–Crippen LogP) is 2.16. The Hall–Kier alpha value is -2.82. The van der Waals surface area contributed by atoms with Gasteiger partial charge in [-0.2, -0.15) is 0 Å². The highest BCUT2D eigenvalue weighted by Crippen LogP contribution is 2.23. The summed E-state index contributed by atoms with van der Waals surface area (Å²) in [6.45, 7) is 0.538. The first-order valence-corrected chi connectivity index (χ1v) is 7.49. The van der Waals surface area contributed by atoms with Gasteiger partial charge in [-0.05, 0) is 41.8 Å². The number of amides is 2. The van der Waals surface area contributed by atoms with Gasteiger partial charge in [0.2, 0.25) is 5.91 Å². The number of carbonyl (C=O) groups is 2. The Kier molecular flexibility index (Phi) is 4.28. The van der Waals surface area contributed by atoms with Gasteiger partial charge in [0.1, 0.15) is 5.75 Å². The van der Waals surface area contributed by atoms with Crippen LogP contribution in [-0.2, 0) is 17.6 Å². The summed E-state index contributed by atoms with van der Waals surface area (Å²) in [6.07, 6.45) is 1.15. The van der Waals surface area contributed by atoms with Gasteiger partial charge in [-0.1, -0.05) is 18.2 Å². The van der Waals surface area contributed by atoms with Crippen molar-refractivity contribution >= 4 is 17.5 Å². The average molecular weight is 310 g/mol. The van der Waals surface area contributed by atoms with Crippen LogP contribution < -0.4 is 15.4 Å². The minimum absolute atomic E-state index is 0.0310. The molecule has 0 fully saturated rings. The Bertz CT molecular complexity index is 756. The molecule has 5 nitrogen and oxygen atoms in total. The van der Waals surface area contributed by atoms with Crippen molar-refractivity contribution < 1.29 is 14.3 Å². The molecule has 1 aliphatic heterocycles. The highest BCUT2D eigenvalue weighted by Gasteiger charge is 2.17. The molecular formula is C18H18N2O3. The van der Waals surface area contributed by atoms with Gasteiger partial charge in [0.25, 0.3) is 5.91 Å². The molecule has 118 valence electrons. The average Bonchev–Trinajstić information content (AvgIpc) is 2.94. The number of hydrogen-bond donors (Lipinski definition) is 2. The lowest BCUT2D eigenvalue weighted by atomic mass is 10.1. The first-order chi connectivity index (χ1) is 11.2. The van der Waals surface area contributed by atoms with E-state index in [0.29, 0.717) is 24.3 Å². The predicted molar refractivity (Wildman–Crippen MR) is 87.8 cm³/mol. The Morgan fingerprint density at radius 2 is 2.13 bits per heavy atom. The van der Waals surface area contributed by atoms with Crippen LogP contribution in [0.5, 0.6) is 5.75 Å². The van der Waals surface area contributed by atoms with Crippen LogP contribution in [0, 0.1) is 0 Å². The number of nitrogens with one attached hydrogen (secondary N) is 2. The highest BCUT2D eigenvalue weighted by molar-refractivity contribution is 5.99. The Morgan fingerprint density at radius 3 is 2.96 bits per heavy atom. The standard InChI is InChI=1S/C18H18N2O3/c1-23-15-4-2-3-13(10-15)18(22)19-8-7-12-5-6-16-14(9-12)11-17(21)20-16/h2-6,9-10H,7-8,11H2,1H3,(H,19,22)(H,20,21). The number of methoxy groups -OCH3 is 1. The van der Waals surface area contributed by atoms with Crippen LogP contribution in [0.2, 0.25) is 0 Å². The molecule has 1 aliphatic rings. The highest BCUT2D eigenvalue weighted by atomic mass is 16.5. The molecule has 2 N–H and O–H groups in total. The maximum Gasteiger partial charge on any atom is 0.251 e. The van der Waals surface area contributed by atoms with E-state index in [1.807, 2.05) is 18.2 Å². The summed E-state index contributed by atoms with van der Waals surface area (Å²) in [5, 5.41) is 5.71. The van der Waals surface area contributed by atoms with E-state index < -0.39 is 0 Å². The van der Waals surface area contributed by atoms with Gasteiger partial charge >= 0.3 is 0 Å². The summed E-state index contributed by atoms with van der Waals surface area (Å²) in [6, 6.07) is 13.0. The first kappa shape index (κ1) is 15.1. The minimum Gasteiger partial charge on any atom is -0.497 e. The maximum absolute atomic E-state index is 12.1. The zero-order chi connectivity index (χ0) is 16.2. The molecule has 0 unspecified atom stereocenters. The van der Waals surface area contributed by atoms with Gasteiger partial charge in [-0.15, -0.1) is 0 Å². The van der Waals surface area contributed by atoms with E-state index >= 15 is 0 Å². The van der Waals surface area contributed by atoms with Crippen LogP contribution in [-0.4, -0.2) is 25.5 Å². The first-order valence-electron chi connectivity index (χ1n) is 7.49. The lowest BCUT2D eigenvalue weighted by molar-refractivity contribution is -0.115. The lowest BCUT2D eigenvalue weighted by Gasteiger charge is -2.08. The number of anilines is 1. The van der Waals surface area contributed by atoms with Crippen LogP contribution in [0.25, 0.3) is 0 Å². The second-order valence-electron chi connectivity index (χ2n) is 5.45. The zero-order valence-electron chi connectivity index (χ0n) is 12.9. The fraction of sp³-hybridized carbons (Fsp3) is 0.222. The molecule has 23 heavy (non-hydrogen) atoms. The van der Waals surface area contributed by atoms with Crippen LogP contribution in [0.15, 0.2) is 42.5 Å². The maximum atomic E-state index is 12.1. The summed E-state index contributed by atoms with van der Waals surface area (Å²) in [5.41, 5.74) is 3.59. The summed E-state index contributed by atoms with van der Waals surface area (Å²) >= 11 is 0. The van der Waals surface area contributed by atoms with Crippen molar-refractivity contribution in [2.75, 3.05) is 19.0 Å². The quantitative estimate of drug-likeness (QED) is 0.889. The molecule has 0 saturated heterocycles. The molecule has 0 spiro atoms. The summed E-state index contributed by atoms with van der Waals surface area (Å²) in [5.74, 6) is 0.568. The van der Waals surface area contributed by atoms with E-state index in [2.05, 4.69) is 10.6 Å². The minimum atomic E-state index is -0.123. The normalized spacial score (nSPS) is 12.5. The number of ether oxygens (including phenoxy) is 1. The van der Waals surface area contributed by atoms with Gasteiger partial charge < -0.3 is 15.4 Å². The van der Waals surface area contributed by atoms with Crippen molar-refractivity contribution in [3.63, 3.8) is 0 Å². The van der Waals surface area contributed by atoms with E-state index in [9.17, 15) is 9.59 Å². The van der Waals surface area contributed by atoms with Gasteiger partial charge in [-0.25, -0.2) is 0 Å². The topological polar surface area (TPSA) is 67.4 Å². The smallest absolute Gasteiger partial charge is 0.251 e.